The van der Waals surface area contributed by atoms with Gasteiger partial charge in [-0.15, -0.1) is 11.8 Å². The molecule has 0 aliphatic heterocycles. The zero-order valence-corrected chi connectivity index (χ0v) is 11.9. The summed E-state index contributed by atoms with van der Waals surface area (Å²) in [7, 11) is 0. The molecule has 3 rings (SSSR count). The van der Waals surface area contributed by atoms with Gasteiger partial charge in [-0.2, -0.15) is 5.10 Å². The van der Waals surface area contributed by atoms with Gasteiger partial charge in [0.25, 0.3) is 0 Å². The summed E-state index contributed by atoms with van der Waals surface area (Å²) in [6, 6.07) is 10.00. The van der Waals surface area contributed by atoms with E-state index in [1.807, 2.05) is 30.3 Å². The lowest BCUT2D eigenvalue weighted by atomic mass is 10.2. The molecule has 0 saturated carbocycles. The number of thioether (sulfide) groups is 1. The Morgan fingerprint density at radius 2 is 2.05 bits per heavy atom. The van der Waals surface area contributed by atoms with Gasteiger partial charge in [0, 0.05) is 5.56 Å². The van der Waals surface area contributed by atoms with Crippen LogP contribution in [0.5, 0.6) is 0 Å². The van der Waals surface area contributed by atoms with Crippen molar-refractivity contribution in [2.75, 3.05) is 5.75 Å². The maximum Gasteiger partial charge on any atom is 0.147 e. The second kappa shape index (κ2) is 5.14. The summed E-state index contributed by atoms with van der Waals surface area (Å²) in [4.78, 5) is 7.91. The van der Waals surface area contributed by atoms with Crippen molar-refractivity contribution in [1.29, 1.82) is 0 Å². The first-order valence-electron chi connectivity index (χ1n) is 5.96. The summed E-state index contributed by atoms with van der Waals surface area (Å²) < 4.78 is 0.564. The highest BCUT2D eigenvalue weighted by Gasteiger charge is 2.11. The summed E-state index contributed by atoms with van der Waals surface area (Å²) in [6.07, 6.45) is 0. The van der Waals surface area contributed by atoms with Crippen molar-refractivity contribution in [3.05, 3.63) is 35.0 Å². The van der Waals surface area contributed by atoms with Gasteiger partial charge in [0.05, 0.1) is 0 Å². The molecule has 6 heteroatoms. The molecule has 3 aromatic rings. The van der Waals surface area contributed by atoms with E-state index in [1.165, 1.54) is 0 Å². The highest BCUT2D eigenvalue weighted by atomic mass is 32.2. The molecule has 0 atom stereocenters. The molecule has 0 aliphatic carbocycles. The molecule has 0 fully saturated rings. The lowest BCUT2D eigenvalue weighted by Crippen LogP contribution is -1.88. The molecule has 1 aromatic carbocycles. The van der Waals surface area contributed by atoms with Gasteiger partial charge in [-0.1, -0.05) is 49.5 Å². The van der Waals surface area contributed by atoms with E-state index in [9.17, 15) is 0 Å². The fraction of sp³-hybridized carbons (Fsp3) is 0.154. The third-order valence-electron chi connectivity index (χ3n) is 2.72. The fourth-order valence-corrected chi connectivity index (χ4v) is 2.75. The van der Waals surface area contributed by atoms with Crippen molar-refractivity contribution in [2.45, 2.75) is 11.9 Å². The first-order chi connectivity index (χ1) is 9.29. The minimum absolute atomic E-state index is 0.564. The average Bonchev–Trinajstić information content (AvgIpc) is 2.89. The monoisotopic (exact) mass is 288 g/mol. The van der Waals surface area contributed by atoms with Crippen molar-refractivity contribution < 1.29 is 0 Å². The first-order valence-corrected chi connectivity index (χ1v) is 7.35. The molecule has 0 amide bonds. The number of nitrogens with zero attached hydrogens (tertiary/aromatic N) is 2. The molecule has 0 radical (unpaired) electrons. The van der Waals surface area contributed by atoms with E-state index < -0.39 is 0 Å². The predicted molar refractivity (Wildman–Crippen MR) is 80.9 cm³/mol. The van der Waals surface area contributed by atoms with Gasteiger partial charge in [-0.3, -0.25) is 5.10 Å². The molecule has 0 aliphatic rings. The number of nitrogens with one attached hydrogen (secondary N) is 2. The highest BCUT2D eigenvalue weighted by Crippen LogP contribution is 2.26. The van der Waals surface area contributed by atoms with Gasteiger partial charge in [0.15, 0.2) is 0 Å². The predicted octanol–water partition coefficient (Wildman–Crippen LogP) is 3.79. The zero-order valence-electron chi connectivity index (χ0n) is 10.3. The first kappa shape index (κ1) is 12.4. The molecule has 0 saturated heterocycles. The second-order valence-corrected chi connectivity index (χ2v) is 5.63. The van der Waals surface area contributed by atoms with E-state index in [0.717, 1.165) is 33.2 Å². The summed E-state index contributed by atoms with van der Waals surface area (Å²) in [5.74, 6) is 1.77. The van der Waals surface area contributed by atoms with E-state index in [-0.39, 0.29) is 0 Å². The van der Waals surface area contributed by atoms with Crippen molar-refractivity contribution in [3.63, 3.8) is 0 Å². The van der Waals surface area contributed by atoms with E-state index in [2.05, 4.69) is 27.1 Å². The molecule has 0 spiro atoms. The third kappa shape index (κ3) is 2.29. The van der Waals surface area contributed by atoms with E-state index in [4.69, 9.17) is 12.2 Å². The molecule has 0 unspecified atom stereocenters. The van der Waals surface area contributed by atoms with Gasteiger partial charge in [-0.05, 0) is 5.75 Å². The number of benzene rings is 1. The second-order valence-electron chi connectivity index (χ2n) is 3.97. The zero-order chi connectivity index (χ0) is 13.2. The fourth-order valence-electron chi connectivity index (χ4n) is 1.88. The Labute approximate surface area is 119 Å². The van der Waals surface area contributed by atoms with Gasteiger partial charge >= 0.3 is 0 Å². The Balaban J connectivity index is 2.22. The van der Waals surface area contributed by atoms with Crippen LogP contribution in [-0.4, -0.2) is 25.9 Å². The summed E-state index contributed by atoms with van der Waals surface area (Å²) in [5, 5.41) is 8.02. The van der Waals surface area contributed by atoms with Crippen molar-refractivity contribution in [1.82, 2.24) is 20.2 Å². The lowest BCUT2D eigenvalue weighted by molar-refractivity contribution is 0.939. The van der Waals surface area contributed by atoms with Crippen LogP contribution < -0.4 is 0 Å². The van der Waals surface area contributed by atoms with Crippen LogP contribution in [-0.2, 0) is 0 Å². The molecular weight excluding hydrogens is 276 g/mol. The number of H-pyrrole nitrogens is 2. The summed E-state index contributed by atoms with van der Waals surface area (Å²) in [5.41, 5.74) is 2.73. The van der Waals surface area contributed by atoms with Crippen LogP contribution in [0.15, 0.2) is 35.4 Å². The standard InChI is InChI=1S/C13H12N4S2/c1-2-19-13-10-9(12(18)16-17-13)14-11(15-10)8-6-4-3-5-7-8/h3-7H,2H2,1H3,(H,14,15)(H,16,18). The molecule has 2 N–H and O–H groups in total. The Morgan fingerprint density at radius 1 is 1.26 bits per heavy atom. The quantitative estimate of drug-likeness (QED) is 0.568. The van der Waals surface area contributed by atoms with Crippen molar-refractivity contribution in [2.24, 2.45) is 0 Å². The number of hydrogen-bond donors (Lipinski definition) is 2. The van der Waals surface area contributed by atoms with E-state index in [1.54, 1.807) is 11.8 Å². The normalized spacial score (nSPS) is 11.0. The lowest BCUT2D eigenvalue weighted by Gasteiger charge is -1.97. The molecule has 2 aromatic heterocycles. The number of hydrogen-bond acceptors (Lipinski definition) is 4. The number of aromatic nitrogens is 4. The van der Waals surface area contributed by atoms with Crippen LogP contribution >= 0.6 is 24.0 Å². The van der Waals surface area contributed by atoms with Gasteiger partial charge in [0.2, 0.25) is 0 Å². The Hall–Kier alpha value is -1.66. The van der Waals surface area contributed by atoms with Crippen LogP contribution in [0, 0.1) is 4.64 Å². The largest absolute Gasteiger partial charge is 0.336 e. The van der Waals surface area contributed by atoms with Gasteiger partial charge < -0.3 is 4.98 Å². The molecule has 19 heavy (non-hydrogen) atoms. The Morgan fingerprint density at radius 3 is 2.79 bits per heavy atom. The number of imidazole rings is 1. The van der Waals surface area contributed by atoms with Gasteiger partial charge in [-0.25, -0.2) is 4.98 Å². The number of rotatable bonds is 3. The minimum Gasteiger partial charge on any atom is -0.336 e. The molecule has 2 heterocycles. The van der Waals surface area contributed by atoms with Gasteiger partial charge in [0.1, 0.15) is 26.5 Å². The smallest absolute Gasteiger partial charge is 0.147 e. The van der Waals surface area contributed by atoms with Crippen LogP contribution in [0.1, 0.15) is 6.92 Å². The molecule has 4 nitrogen and oxygen atoms in total. The van der Waals surface area contributed by atoms with Crippen LogP contribution in [0.4, 0.5) is 0 Å². The molecule has 0 bridgehead atoms. The van der Waals surface area contributed by atoms with Crippen LogP contribution in [0.25, 0.3) is 22.4 Å². The maximum atomic E-state index is 5.25. The summed E-state index contributed by atoms with van der Waals surface area (Å²) >= 11 is 6.91. The average molecular weight is 288 g/mol. The van der Waals surface area contributed by atoms with Crippen molar-refractivity contribution >= 4 is 35.0 Å². The van der Waals surface area contributed by atoms with Crippen LogP contribution in [0.2, 0.25) is 0 Å². The Bertz CT molecular complexity index is 761. The number of fused-ring (bicyclic) bond motifs is 1. The van der Waals surface area contributed by atoms with Crippen LogP contribution in [0.3, 0.4) is 0 Å². The SMILES string of the molecule is CCSc1n[nH]c(=S)c2nc(-c3ccccc3)[nH]c12. The van der Waals surface area contributed by atoms with E-state index >= 15 is 0 Å². The number of aromatic amines is 2. The Kier molecular flexibility index (Phi) is 3.35. The van der Waals surface area contributed by atoms with E-state index in [0.29, 0.717) is 4.64 Å². The maximum absolute atomic E-state index is 5.25. The third-order valence-corrected chi connectivity index (χ3v) is 3.86. The molecule has 96 valence electrons. The minimum atomic E-state index is 0.564. The van der Waals surface area contributed by atoms with Crippen molar-refractivity contribution in [3.8, 4) is 11.4 Å². The molecular formula is C13H12N4S2. The topological polar surface area (TPSA) is 57.4 Å². The summed E-state index contributed by atoms with van der Waals surface area (Å²) in [6.45, 7) is 2.09. The highest BCUT2D eigenvalue weighted by molar-refractivity contribution is 7.99.